The molecular weight excluding hydrogens is 455 g/mol. The average molecular weight is 481 g/mol. The summed E-state index contributed by atoms with van der Waals surface area (Å²) in [5, 5.41) is 6.59. The summed E-state index contributed by atoms with van der Waals surface area (Å²) in [6, 6.07) is 32.4. The number of rotatable bonds is 5. The molecule has 1 aliphatic carbocycles. The molecule has 2 heterocycles. The van der Waals surface area contributed by atoms with Gasteiger partial charge in [0.25, 0.3) is 0 Å². The molecule has 34 heavy (non-hydrogen) atoms. The van der Waals surface area contributed by atoms with Gasteiger partial charge in [-0.3, -0.25) is 0 Å². The smallest absolute Gasteiger partial charge is 0.180 e. The number of nitrogens with zero attached hydrogens (tertiary/aromatic N) is 2. The van der Waals surface area contributed by atoms with E-state index in [0.717, 1.165) is 44.2 Å². The minimum Gasteiger partial charge on any atom is -0.308 e. The van der Waals surface area contributed by atoms with Crippen LogP contribution < -0.4 is 15.2 Å². The van der Waals surface area contributed by atoms with E-state index in [-0.39, 0.29) is 0 Å². The zero-order valence-electron chi connectivity index (χ0n) is 18.8. The molecule has 0 amide bonds. The van der Waals surface area contributed by atoms with Gasteiger partial charge in [-0.2, -0.15) is 5.10 Å². The molecule has 5 aromatic rings. The number of hydrogen-bond donors (Lipinski definition) is 0. The van der Waals surface area contributed by atoms with Crippen molar-refractivity contribution < 1.29 is 4.57 Å². The number of hydrogen-bond acceptors (Lipinski definition) is 3. The lowest BCUT2D eigenvalue weighted by atomic mass is 9.99. The van der Waals surface area contributed by atoms with E-state index in [1.165, 1.54) is 24.1 Å². The lowest BCUT2D eigenvalue weighted by Gasteiger charge is -2.17. The maximum atomic E-state index is 14.7. The van der Waals surface area contributed by atoms with Gasteiger partial charge in [-0.1, -0.05) is 72.8 Å². The van der Waals surface area contributed by atoms with E-state index in [0.29, 0.717) is 0 Å². The lowest BCUT2D eigenvalue weighted by molar-refractivity contribution is 0.593. The third kappa shape index (κ3) is 3.77. The Labute approximate surface area is 204 Å². The predicted octanol–water partition coefficient (Wildman–Crippen LogP) is 6.12. The van der Waals surface area contributed by atoms with Crippen LogP contribution in [-0.2, 0) is 17.4 Å². The summed E-state index contributed by atoms with van der Waals surface area (Å²) in [6.45, 7) is 0. The molecular formula is C29H25N2OPS. The van der Waals surface area contributed by atoms with Gasteiger partial charge in [-0.15, -0.1) is 11.3 Å². The molecule has 3 nitrogen and oxygen atoms in total. The molecule has 0 radical (unpaired) electrons. The Balaban J connectivity index is 1.40. The molecule has 0 spiro atoms. The maximum Gasteiger partial charge on any atom is 0.180 e. The Hall–Kier alpha value is -3.20. The minimum absolute atomic E-state index is 0.866. The van der Waals surface area contributed by atoms with Gasteiger partial charge in [0.1, 0.15) is 0 Å². The van der Waals surface area contributed by atoms with E-state index in [1.54, 1.807) is 11.3 Å². The summed E-state index contributed by atoms with van der Waals surface area (Å²) in [4.78, 5) is 1.11. The third-order valence-corrected chi connectivity index (χ3v) is 11.3. The maximum absolute atomic E-state index is 14.7. The number of thiophene rings is 1. The first kappa shape index (κ1) is 21.3. The second-order valence-electron chi connectivity index (χ2n) is 8.72. The molecule has 1 aliphatic rings. The van der Waals surface area contributed by atoms with E-state index in [4.69, 9.17) is 5.10 Å². The Morgan fingerprint density at radius 1 is 0.765 bits per heavy atom. The van der Waals surface area contributed by atoms with Crippen LogP contribution in [0.3, 0.4) is 0 Å². The van der Waals surface area contributed by atoms with Crippen LogP contribution in [0.15, 0.2) is 103 Å². The molecule has 5 heteroatoms. The van der Waals surface area contributed by atoms with Crippen LogP contribution in [-0.4, -0.2) is 9.78 Å². The van der Waals surface area contributed by atoms with Crippen molar-refractivity contribution in [3.8, 4) is 16.1 Å². The van der Waals surface area contributed by atoms with Gasteiger partial charge in [0.05, 0.1) is 16.0 Å². The highest BCUT2D eigenvalue weighted by atomic mass is 32.1. The van der Waals surface area contributed by atoms with E-state index < -0.39 is 7.14 Å². The zero-order chi connectivity index (χ0) is 23.0. The molecule has 0 N–H and O–H groups in total. The van der Waals surface area contributed by atoms with Crippen molar-refractivity contribution in [2.24, 2.45) is 0 Å². The van der Waals surface area contributed by atoms with E-state index >= 15 is 0 Å². The van der Waals surface area contributed by atoms with Crippen LogP contribution in [0, 0.1) is 0 Å². The molecule has 168 valence electrons. The van der Waals surface area contributed by atoms with Gasteiger partial charge >= 0.3 is 0 Å². The fourth-order valence-electron chi connectivity index (χ4n) is 4.74. The van der Waals surface area contributed by atoms with Crippen molar-refractivity contribution in [3.05, 3.63) is 115 Å². The predicted molar refractivity (Wildman–Crippen MR) is 143 cm³/mol. The molecule has 0 aliphatic heterocycles. The monoisotopic (exact) mass is 480 g/mol. The summed E-state index contributed by atoms with van der Waals surface area (Å²) in [5.41, 5.74) is 4.80. The number of fused-ring (bicyclic) bond motifs is 1. The number of benzene rings is 3. The summed E-state index contributed by atoms with van der Waals surface area (Å²) < 4.78 is 17.6. The molecule has 0 atom stereocenters. The first-order valence-electron chi connectivity index (χ1n) is 11.7. The fourth-order valence-corrected chi connectivity index (χ4v) is 9.20. The second kappa shape index (κ2) is 8.87. The molecule has 2 aromatic heterocycles. The largest absolute Gasteiger partial charge is 0.308 e. The fraction of sp³-hybridized carbons (Fsp3) is 0.138. The van der Waals surface area contributed by atoms with Crippen molar-refractivity contribution in [1.29, 1.82) is 0 Å². The van der Waals surface area contributed by atoms with Crippen molar-refractivity contribution in [2.45, 2.75) is 25.7 Å². The standard InChI is InChI=1S/C29H25N2OPS/c32-33(25-13-3-1-4-14-25,26-15-5-2-6-16-26)29-19-18-28(34-29)22-11-9-12-24(20-22)31-21-23-10-7-8-17-27(23)30-31/h1-6,9,11-16,18-21H,7-8,10,17H2. The Kier molecular flexibility index (Phi) is 5.57. The van der Waals surface area contributed by atoms with E-state index in [1.807, 2.05) is 71.4 Å². The van der Waals surface area contributed by atoms with Crippen LogP contribution in [0.1, 0.15) is 24.1 Å². The number of aryl methyl sites for hydroxylation is 2. The SMILES string of the molecule is O=P(c1ccccc1)(c1ccccc1)c1ccc(-c2cccc(-n3cc4c(n3)CCCC4)c2)s1. The zero-order valence-corrected chi connectivity index (χ0v) is 20.5. The van der Waals surface area contributed by atoms with E-state index in [9.17, 15) is 4.57 Å². The van der Waals surface area contributed by atoms with Crippen molar-refractivity contribution in [3.63, 3.8) is 0 Å². The molecule has 0 saturated carbocycles. The first-order valence-corrected chi connectivity index (χ1v) is 14.2. The molecule has 0 bridgehead atoms. The topological polar surface area (TPSA) is 34.9 Å². The van der Waals surface area contributed by atoms with Crippen molar-refractivity contribution in [1.82, 2.24) is 9.78 Å². The van der Waals surface area contributed by atoms with Crippen molar-refractivity contribution >= 4 is 33.7 Å². The van der Waals surface area contributed by atoms with Crippen molar-refractivity contribution in [2.75, 3.05) is 0 Å². The quantitative estimate of drug-likeness (QED) is 0.284. The molecule has 0 unspecified atom stereocenters. The molecule has 0 saturated heterocycles. The van der Waals surface area contributed by atoms with Crippen LogP contribution in [0.2, 0.25) is 0 Å². The number of aromatic nitrogens is 2. The highest BCUT2D eigenvalue weighted by Gasteiger charge is 2.31. The Morgan fingerprint density at radius 3 is 2.18 bits per heavy atom. The molecule has 3 aromatic carbocycles. The summed E-state index contributed by atoms with van der Waals surface area (Å²) in [5.74, 6) is 0. The van der Waals surface area contributed by atoms with E-state index in [2.05, 4.69) is 36.5 Å². The normalized spacial score (nSPS) is 13.5. The van der Waals surface area contributed by atoms with Gasteiger partial charge in [-0.25, -0.2) is 4.68 Å². The highest BCUT2D eigenvalue weighted by Crippen LogP contribution is 2.45. The third-order valence-electron chi connectivity index (χ3n) is 6.52. The van der Waals surface area contributed by atoms with Gasteiger partial charge in [0.15, 0.2) is 7.14 Å². The van der Waals surface area contributed by atoms with Crippen LogP contribution in [0.4, 0.5) is 0 Å². The average Bonchev–Trinajstić information content (AvgIpc) is 3.58. The second-order valence-corrected chi connectivity index (χ2v) is 12.8. The lowest BCUT2D eigenvalue weighted by Crippen LogP contribution is -2.22. The summed E-state index contributed by atoms with van der Waals surface area (Å²) in [6.07, 6.45) is 6.86. The van der Waals surface area contributed by atoms with Crippen LogP contribution in [0.5, 0.6) is 0 Å². The minimum atomic E-state index is -2.95. The highest BCUT2D eigenvalue weighted by molar-refractivity contribution is 7.89. The van der Waals surface area contributed by atoms with Gasteiger partial charge in [0.2, 0.25) is 0 Å². The van der Waals surface area contributed by atoms with Crippen LogP contribution >= 0.6 is 18.5 Å². The summed E-state index contributed by atoms with van der Waals surface area (Å²) >= 11 is 1.62. The molecule has 0 fully saturated rings. The first-order chi connectivity index (χ1) is 16.7. The van der Waals surface area contributed by atoms with Crippen LogP contribution in [0.25, 0.3) is 16.1 Å². The van der Waals surface area contributed by atoms with Gasteiger partial charge in [0, 0.05) is 21.7 Å². The van der Waals surface area contributed by atoms with Gasteiger partial charge < -0.3 is 4.57 Å². The Morgan fingerprint density at radius 2 is 1.47 bits per heavy atom. The van der Waals surface area contributed by atoms with Gasteiger partial charge in [-0.05, 0) is 61.1 Å². The molecule has 6 rings (SSSR count). The Bertz CT molecular complexity index is 1420. The summed E-state index contributed by atoms with van der Waals surface area (Å²) in [7, 11) is -2.95.